The molecule has 6 nitrogen and oxygen atoms in total. The van der Waals surface area contributed by atoms with Crippen LogP contribution in [0.25, 0.3) is 10.9 Å². The molecule has 1 aromatic carbocycles. The highest BCUT2D eigenvalue weighted by Crippen LogP contribution is 2.24. The number of carbonyl (C=O) groups is 1. The van der Waals surface area contributed by atoms with Gasteiger partial charge in [-0.25, -0.2) is 4.98 Å². The molecule has 0 saturated heterocycles. The normalized spacial score (nSPS) is 10.6. The maximum absolute atomic E-state index is 11.0. The van der Waals surface area contributed by atoms with E-state index in [9.17, 15) is 4.79 Å². The van der Waals surface area contributed by atoms with Gasteiger partial charge >= 0.3 is 0 Å². The van der Waals surface area contributed by atoms with E-state index >= 15 is 0 Å². The van der Waals surface area contributed by atoms with Crippen LogP contribution in [0, 0.1) is 0 Å². The number of rotatable bonds is 8. The molecule has 25 heavy (non-hydrogen) atoms. The Morgan fingerprint density at radius 1 is 1.20 bits per heavy atom. The summed E-state index contributed by atoms with van der Waals surface area (Å²) in [6.45, 7) is 3.00. The Bertz CT molecular complexity index is 830. The van der Waals surface area contributed by atoms with Gasteiger partial charge in [0.05, 0.1) is 0 Å². The molecular weight excluding hydrogens is 318 g/mol. The summed E-state index contributed by atoms with van der Waals surface area (Å²) in [6.07, 6.45) is 4.44. The van der Waals surface area contributed by atoms with Gasteiger partial charge in [-0.15, -0.1) is 0 Å². The molecule has 0 radical (unpaired) electrons. The Balaban J connectivity index is 1.55. The van der Waals surface area contributed by atoms with Crippen LogP contribution in [0.5, 0.6) is 11.6 Å². The highest BCUT2D eigenvalue weighted by atomic mass is 16.5. The molecule has 2 heterocycles. The van der Waals surface area contributed by atoms with Crippen molar-refractivity contribution in [2.75, 3.05) is 19.8 Å². The minimum Gasteiger partial charge on any atom is -0.490 e. The van der Waals surface area contributed by atoms with E-state index in [0.29, 0.717) is 25.6 Å². The number of nitrogens with zero attached hydrogens (tertiary/aromatic N) is 1. The van der Waals surface area contributed by atoms with Crippen LogP contribution in [0.4, 0.5) is 0 Å². The zero-order valence-corrected chi connectivity index (χ0v) is 14.1. The van der Waals surface area contributed by atoms with Crippen molar-refractivity contribution in [2.24, 2.45) is 0 Å². The van der Waals surface area contributed by atoms with Gasteiger partial charge in [0.1, 0.15) is 19.0 Å². The van der Waals surface area contributed by atoms with Crippen LogP contribution in [0.2, 0.25) is 0 Å². The summed E-state index contributed by atoms with van der Waals surface area (Å²) in [4.78, 5) is 18.3. The van der Waals surface area contributed by atoms with E-state index in [1.54, 1.807) is 6.20 Å². The summed E-state index contributed by atoms with van der Waals surface area (Å²) in [7, 11) is 0. The fourth-order valence-corrected chi connectivity index (χ4v) is 2.57. The van der Waals surface area contributed by atoms with Crippen LogP contribution in [0.3, 0.4) is 0 Å². The fraction of sp³-hybridized carbons (Fsp3) is 0.263. The first-order valence-electron chi connectivity index (χ1n) is 8.23. The predicted molar refractivity (Wildman–Crippen MR) is 95.9 cm³/mol. The van der Waals surface area contributed by atoms with Gasteiger partial charge in [-0.3, -0.25) is 4.79 Å². The van der Waals surface area contributed by atoms with Crippen molar-refractivity contribution in [2.45, 2.75) is 13.3 Å². The summed E-state index contributed by atoms with van der Waals surface area (Å²) in [5.41, 5.74) is 2.20. The SMILES string of the molecule is CC(=O)NCCc1c[nH]c2ccc(OCCOc3ccccn3)cc12. The minimum absolute atomic E-state index is 0.0169. The Hall–Kier alpha value is -3.02. The topological polar surface area (TPSA) is 76.2 Å². The Morgan fingerprint density at radius 3 is 2.88 bits per heavy atom. The van der Waals surface area contributed by atoms with Gasteiger partial charge in [-0.05, 0) is 36.2 Å². The summed E-state index contributed by atoms with van der Waals surface area (Å²) >= 11 is 0. The van der Waals surface area contributed by atoms with Gasteiger partial charge in [0, 0.05) is 42.8 Å². The Labute approximate surface area is 146 Å². The van der Waals surface area contributed by atoms with Gasteiger partial charge < -0.3 is 19.8 Å². The average molecular weight is 339 g/mol. The maximum Gasteiger partial charge on any atom is 0.216 e. The van der Waals surface area contributed by atoms with Crippen LogP contribution in [-0.2, 0) is 11.2 Å². The Kier molecular flexibility index (Phi) is 5.51. The molecule has 3 rings (SSSR count). The van der Waals surface area contributed by atoms with Crippen LogP contribution < -0.4 is 14.8 Å². The smallest absolute Gasteiger partial charge is 0.216 e. The number of fused-ring (bicyclic) bond motifs is 1. The lowest BCUT2D eigenvalue weighted by molar-refractivity contribution is -0.118. The number of hydrogen-bond donors (Lipinski definition) is 2. The van der Waals surface area contributed by atoms with E-state index in [0.717, 1.165) is 28.6 Å². The van der Waals surface area contributed by atoms with Gasteiger partial charge in [0.25, 0.3) is 0 Å². The first-order valence-corrected chi connectivity index (χ1v) is 8.23. The zero-order valence-electron chi connectivity index (χ0n) is 14.1. The first kappa shape index (κ1) is 16.8. The number of amides is 1. The van der Waals surface area contributed by atoms with Gasteiger partial charge in [-0.2, -0.15) is 0 Å². The summed E-state index contributed by atoms with van der Waals surface area (Å²) in [5, 5.41) is 3.92. The zero-order chi connectivity index (χ0) is 17.5. The molecule has 0 aliphatic heterocycles. The van der Waals surface area contributed by atoms with Crippen LogP contribution in [-0.4, -0.2) is 35.6 Å². The van der Waals surface area contributed by atoms with E-state index in [1.807, 2.05) is 42.6 Å². The monoisotopic (exact) mass is 339 g/mol. The first-order chi connectivity index (χ1) is 12.2. The number of nitrogens with one attached hydrogen (secondary N) is 2. The number of H-pyrrole nitrogens is 1. The lowest BCUT2D eigenvalue weighted by atomic mass is 10.1. The third-order valence-electron chi connectivity index (χ3n) is 3.75. The summed E-state index contributed by atoms with van der Waals surface area (Å²) in [5.74, 6) is 1.36. The van der Waals surface area contributed by atoms with Crippen molar-refractivity contribution < 1.29 is 14.3 Å². The predicted octanol–water partition coefficient (Wildman–Crippen LogP) is 2.70. The molecule has 0 fully saturated rings. The molecule has 0 atom stereocenters. The third-order valence-corrected chi connectivity index (χ3v) is 3.75. The van der Waals surface area contributed by atoms with Gasteiger partial charge in [-0.1, -0.05) is 6.07 Å². The van der Waals surface area contributed by atoms with Crippen molar-refractivity contribution in [3.63, 3.8) is 0 Å². The standard InChI is InChI=1S/C19H21N3O3/c1-14(23)20-9-7-15-13-22-18-6-5-16(12-17(15)18)24-10-11-25-19-4-2-3-8-21-19/h2-6,8,12-13,22H,7,9-11H2,1H3,(H,20,23). The molecular formula is C19H21N3O3. The second-order valence-corrected chi connectivity index (χ2v) is 5.62. The molecule has 130 valence electrons. The number of hydrogen-bond acceptors (Lipinski definition) is 4. The lowest BCUT2D eigenvalue weighted by Gasteiger charge is -2.08. The van der Waals surface area contributed by atoms with E-state index in [1.165, 1.54) is 6.92 Å². The summed E-state index contributed by atoms with van der Waals surface area (Å²) in [6, 6.07) is 11.5. The molecule has 0 unspecified atom stereocenters. The molecule has 2 N–H and O–H groups in total. The molecule has 0 aliphatic rings. The molecule has 0 bridgehead atoms. The number of pyridine rings is 1. The fourth-order valence-electron chi connectivity index (χ4n) is 2.57. The number of aromatic nitrogens is 2. The highest BCUT2D eigenvalue weighted by Gasteiger charge is 2.06. The van der Waals surface area contributed by atoms with Crippen molar-refractivity contribution in [3.05, 3.63) is 54.4 Å². The average Bonchev–Trinajstić information content (AvgIpc) is 3.02. The van der Waals surface area contributed by atoms with Crippen LogP contribution in [0.15, 0.2) is 48.8 Å². The van der Waals surface area contributed by atoms with Crippen LogP contribution in [0.1, 0.15) is 12.5 Å². The Morgan fingerprint density at radius 2 is 2.08 bits per heavy atom. The number of carbonyl (C=O) groups excluding carboxylic acids is 1. The number of ether oxygens (including phenoxy) is 2. The van der Waals surface area contributed by atoms with Crippen molar-refractivity contribution >= 4 is 16.8 Å². The molecule has 3 aromatic rings. The molecule has 0 aliphatic carbocycles. The van der Waals surface area contributed by atoms with Gasteiger partial charge in [0.15, 0.2) is 0 Å². The van der Waals surface area contributed by atoms with E-state index in [4.69, 9.17) is 9.47 Å². The number of benzene rings is 1. The quantitative estimate of drug-likeness (QED) is 0.619. The van der Waals surface area contributed by atoms with Crippen molar-refractivity contribution in [1.29, 1.82) is 0 Å². The second kappa shape index (κ2) is 8.19. The van der Waals surface area contributed by atoms with E-state index < -0.39 is 0 Å². The largest absolute Gasteiger partial charge is 0.490 e. The molecule has 0 saturated carbocycles. The van der Waals surface area contributed by atoms with Gasteiger partial charge in [0.2, 0.25) is 11.8 Å². The molecule has 1 amide bonds. The van der Waals surface area contributed by atoms with Crippen molar-refractivity contribution in [1.82, 2.24) is 15.3 Å². The molecule has 2 aromatic heterocycles. The van der Waals surface area contributed by atoms with Crippen LogP contribution >= 0.6 is 0 Å². The second-order valence-electron chi connectivity index (χ2n) is 5.62. The minimum atomic E-state index is -0.0169. The lowest BCUT2D eigenvalue weighted by Crippen LogP contribution is -2.22. The van der Waals surface area contributed by atoms with E-state index in [-0.39, 0.29) is 5.91 Å². The molecule has 6 heteroatoms. The van der Waals surface area contributed by atoms with Crippen molar-refractivity contribution in [3.8, 4) is 11.6 Å². The van der Waals surface area contributed by atoms with E-state index in [2.05, 4.69) is 15.3 Å². The number of aromatic amines is 1. The molecule has 0 spiro atoms. The maximum atomic E-state index is 11.0. The summed E-state index contributed by atoms with van der Waals surface area (Å²) < 4.78 is 11.3. The third kappa shape index (κ3) is 4.73. The highest BCUT2D eigenvalue weighted by molar-refractivity contribution is 5.84.